The van der Waals surface area contributed by atoms with Crippen LogP contribution < -0.4 is 5.32 Å². The second kappa shape index (κ2) is 5.29. The number of aryl methyl sites for hydroxylation is 1. The Balaban J connectivity index is 2.16. The van der Waals surface area contributed by atoms with E-state index in [9.17, 15) is 0 Å². The molecule has 4 heteroatoms. The molecule has 92 valence electrons. The topological polar surface area (TPSA) is 33.1 Å². The molecule has 1 aromatic heterocycles. The van der Waals surface area contributed by atoms with Gasteiger partial charge in [-0.1, -0.05) is 12.1 Å². The van der Waals surface area contributed by atoms with Gasteiger partial charge in [0, 0.05) is 20.1 Å². The van der Waals surface area contributed by atoms with Gasteiger partial charge in [0.05, 0.1) is 17.6 Å². The van der Waals surface area contributed by atoms with Gasteiger partial charge in [0.25, 0.3) is 0 Å². The van der Waals surface area contributed by atoms with Crippen LogP contribution in [0.5, 0.6) is 0 Å². The summed E-state index contributed by atoms with van der Waals surface area (Å²) in [4.78, 5) is 6.94. The van der Waals surface area contributed by atoms with Gasteiger partial charge < -0.3 is 9.88 Å². The van der Waals surface area contributed by atoms with E-state index in [2.05, 4.69) is 52.1 Å². The van der Waals surface area contributed by atoms with Crippen molar-refractivity contribution in [1.29, 1.82) is 0 Å². The SMILES string of the molecule is CNCCN(C)Cc1nc2ccccc2n1C. The summed E-state index contributed by atoms with van der Waals surface area (Å²) in [6.07, 6.45) is 0. The van der Waals surface area contributed by atoms with Crippen LogP contribution in [0.4, 0.5) is 0 Å². The zero-order valence-corrected chi connectivity index (χ0v) is 10.8. The molecule has 0 saturated heterocycles. The maximum Gasteiger partial charge on any atom is 0.123 e. The van der Waals surface area contributed by atoms with Gasteiger partial charge in [-0.15, -0.1) is 0 Å². The minimum atomic E-state index is 0.882. The van der Waals surface area contributed by atoms with E-state index in [0.29, 0.717) is 0 Å². The highest BCUT2D eigenvalue weighted by Gasteiger charge is 2.08. The van der Waals surface area contributed by atoms with Crippen molar-refractivity contribution in [2.24, 2.45) is 7.05 Å². The van der Waals surface area contributed by atoms with Gasteiger partial charge >= 0.3 is 0 Å². The van der Waals surface area contributed by atoms with Crippen LogP contribution in [0.1, 0.15) is 5.82 Å². The third kappa shape index (κ3) is 2.65. The van der Waals surface area contributed by atoms with Gasteiger partial charge in [0.1, 0.15) is 5.82 Å². The molecule has 0 fully saturated rings. The fraction of sp³-hybridized carbons (Fsp3) is 0.462. The zero-order chi connectivity index (χ0) is 12.3. The second-order valence-corrected chi connectivity index (χ2v) is 4.42. The highest BCUT2D eigenvalue weighted by molar-refractivity contribution is 5.75. The van der Waals surface area contributed by atoms with Crippen molar-refractivity contribution in [3.05, 3.63) is 30.1 Å². The zero-order valence-electron chi connectivity index (χ0n) is 10.8. The lowest BCUT2D eigenvalue weighted by Gasteiger charge is -2.15. The molecule has 1 heterocycles. The average Bonchev–Trinajstić information content (AvgIpc) is 2.64. The number of aromatic nitrogens is 2. The molecule has 0 aliphatic carbocycles. The highest BCUT2D eigenvalue weighted by Crippen LogP contribution is 2.14. The first-order valence-corrected chi connectivity index (χ1v) is 5.96. The standard InChI is InChI=1S/C13H20N4/c1-14-8-9-16(2)10-13-15-11-6-4-5-7-12(11)17(13)3/h4-7,14H,8-10H2,1-3H3. The number of likely N-dealkylation sites (N-methyl/N-ethyl adjacent to an activating group) is 2. The molecule has 1 aromatic carbocycles. The van der Waals surface area contributed by atoms with Gasteiger partial charge in [0.15, 0.2) is 0 Å². The predicted molar refractivity (Wildman–Crippen MR) is 71.0 cm³/mol. The van der Waals surface area contributed by atoms with Crippen molar-refractivity contribution in [1.82, 2.24) is 19.8 Å². The summed E-state index contributed by atoms with van der Waals surface area (Å²) >= 11 is 0. The number of fused-ring (bicyclic) bond motifs is 1. The fourth-order valence-corrected chi connectivity index (χ4v) is 1.96. The summed E-state index contributed by atoms with van der Waals surface area (Å²) in [5.74, 6) is 1.12. The molecule has 2 rings (SSSR count). The van der Waals surface area contributed by atoms with Crippen molar-refractivity contribution in [2.45, 2.75) is 6.54 Å². The molecule has 4 nitrogen and oxygen atoms in total. The van der Waals surface area contributed by atoms with Crippen LogP contribution in [-0.2, 0) is 13.6 Å². The number of benzene rings is 1. The maximum atomic E-state index is 4.66. The number of hydrogen-bond acceptors (Lipinski definition) is 3. The van der Waals surface area contributed by atoms with E-state index in [1.807, 2.05) is 13.1 Å². The Kier molecular flexibility index (Phi) is 3.76. The van der Waals surface area contributed by atoms with E-state index in [0.717, 1.165) is 31.0 Å². The monoisotopic (exact) mass is 232 g/mol. The van der Waals surface area contributed by atoms with E-state index in [-0.39, 0.29) is 0 Å². The molecular formula is C13H20N4. The molecule has 0 bridgehead atoms. The van der Waals surface area contributed by atoms with Crippen LogP contribution in [0, 0.1) is 0 Å². The van der Waals surface area contributed by atoms with Crippen LogP contribution in [0.25, 0.3) is 11.0 Å². The number of nitrogens with zero attached hydrogens (tertiary/aromatic N) is 3. The molecule has 2 aromatic rings. The Morgan fingerprint density at radius 3 is 2.82 bits per heavy atom. The minimum Gasteiger partial charge on any atom is -0.330 e. The van der Waals surface area contributed by atoms with Crippen molar-refractivity contribution >= 4 is 11.0 Å². The third-order valence-electron chi connectivity index (χ3n) is 3.03. The van der Waals surface area contributed by atoms with Crippen LogP contribution in [0.2, 0.25) is 0 Å². The van der Waals surface area contributed by atoms with Gasteiger partial charge in [-0.25, -0.2) is 4.98 Å². The van der Waals surface area contributed by atoms with Gasteiger partial charge in [-0.3, -0.25) is 4.90 Å². The normalized spacial score (nSPS) is 11.5. The number of imidazole rings is 1. The van der Waals surface area contributed by atoms with Crippen molar-refractivity contribution in [2.75, 3.05) is 27.2 Å². The molecule has 0 saturated carbocycles. The van der Waals surface area contributed by atoms with Crippen molar-refractivity contribution in [3.63, 3.8) is 0 Å². The predicted octanol–water partition coefficient (Wildman–Crippen LogP) is 1.22. The number of nitrogens with one attached hydrogen (secondary N) is 1. The molecular weight excluding hydrogens is 212 g/mol. The summed E-state index contributed by atoms with van der Waals surface area (Å²) < 4.78 is 2.17. The van der Waals surface area contributed by atoms with E-state index < -0.39 is 0 Å². The summed E-state index contributed by atoms with van der Waals surface area (Å²) in [7, 11) is 6.18. The number of hydrogen-bond donors (Lipinski definition) is 1. The molecule has 0 spiro atoms. The van der Waals surface area contributed by atoms with E-state index in [1.54, 1.807) is 0 Å². The molecule has 0 atom stereocenters. The molecule has 0 aliphatic heterocycles. The smallest absolute Gasteiger partial charge is 0.123 e. The first kappa shape index (κ1) is 12.1. The number of rotatable bonds is 5. The molecule has 0 radical (unpaired) electrons. The molecule has 0 amide bonds. The molecule has 0 aliphatic rings. The van der Waals surface area contributed by atoms with Crippen molar-refractivity contribution < 1.29 is 0 Å². The van der Waals surface area contributed by atoms with Gasteiger partial charge in [-0.05, 0) is 26.2 Å². The van der Waals surface area contributed by atoms with E-state index in [1.165, 1.54) is 5.52 Å². The lowest BCUT2D eigenvalue weighted by molar-refractivity contribution is 0.317. The molecule has 1 N–H and O–H groups in total. The highest BCUT2D eigenvalue weighted by atomic mass is 15.2. The summed E-state index contributed by atoms with van der Waals surface area (Å²) in [5, 5.41) is 3.16. The summed E-state index contributed by atoms with van der Waals surface area (Å²) in [5.41, 5.74) is 2.27. The largest absolute Gasteiger partial charge is 0.330 e. The van der Waals surface area contributed by atoms with Crippen molar-refractivity contribution in [3.8, 4) is 0 Å². The fourth-order valence-electron chi connectivity index (χ4n) is 1.96. The van der Waals surface area contributed by atoms with Crippen LogP contribution in [0.3, 0.4) is 0 Å². The van der Waals surface area contributed by atoms with Crippen LogP contribution in [-0.4, -0.2) is 41.6 Å². The minimum absolute atomic E-state index is 0.882. The Hall–Kier alpha value is -1.39. The lowest BCUT2D eigenvalue weighted by atomic mass is 10.3. The molecule has 17 heavy (non-hydrogen) atoms. The maximum absolute atomic E-state index is 4.66. The van der Waals surface area contributed by atoms with E-state index in [4.69, 9.17) is 0 Å². The lowest BCUT2D eigenvalue weighted by Crippen LogP contribution is -2.27. The molecule has 0 unspecified atom stereocenters. The Morgan fingerprint density at radius 1 is 1.35 bits per heavy atom. The van der Waals surface area contributed by atoms with Gasteiger partial charge in [-0.2, -0.15) is 0 Å². The first-order chi connectivity index (χ1) is 8.22. The van der Waals surface area contributed by atoms with Gasteiger partial charge in [0.2, 0.25) is 0 Å². The Morgan fingerprint density at radius 2 is 2.12 bits per heavy atom. The second-order valence-electron chi connectivity index (χ2n) is 4.42. The van der Waals surface area contributed by atoms with Crippen LogP contribution >= 0.6 is 0 Å². The third-order valence-corrected chi connectivity index (χ3v) is 3.03. The first-order valence-electron chi connectivity index (χ1n) is 5.96. The summed E-state index contributed by atoms with van der Waals surface area (Å²) in [6, 6.07) is 8.26. The number of para-hydroxylation sites is 2. The van der Waals surface area contributed by atoms with Crippen LogP contribution in [0.15, 0.2) is 24.3 Å². The Labute approximate surface area is 102 Å². The quantitative estimate of drug-likeness (QED) is 0.841. The average molecular weight is 232 g/mol. The summed E-state index contributed by atoms with van der Waals surface area (Å²) in [6.45, 7) is 2.91. The van der Waals surface area contributed by atoms with E-state index >= 15 is 0 Å². The Bertz CT molecular complexity index is 489.